The smallest absolute Gasteiger partial charge is 0.240 e. The summed E-state index contributed by atoms with van der Waals surface area (Å²) in [6.45, 7) is 3.78. The molecule has 0 bridgehead atoms. The maximum absolute atomic E-state index is 12.7. The first-order valence-corrected chi connectivity index (χ1v) is 18.9. The molecule has 5 aromatic rings. The first kappa shape index (κ1) is 35.5. The molecule has 10 heteroatoms. The molecule has 8 nitrogen and oxygen atoms in total. The fraction of sp³-hybridized carbons (Fsp3) is 0.225. The quantitative estimate of drug-likeness (QED) is 0.113. The number of aliphatic hydroxyl groups is 1. The first-order valence-electron chi connectivity index (χ1n) is 16.4. The van der Waals surface area contributed by atoms with Gasteiger partial charge in [-0.05, 0) is 70.3 Å². The van der Waals surface area contributed by atoms with Gasteiger partial charge in [0.25, 0.3) is 0 Å². The van der Waals surface area contributed by atoms with E-state index < -0.39 is 16.3 Å². The van der Waals surface area contributed by atoms with E-state index in [-0.39, 0.29) is 42.1 Å². The predicted octanol–water partition coefficient (Wildman–Crippen LogP) is 7.87. The number of carbonyl (C=O) groups is 1. The third-order valence-electron chi connectivity index (χ3n) is 8.68. The van der Waals surface area contributed by atoms with E-state index in [2.05, 4.69) is 17.0 Å². The summed E-state index contributed by atoms with van der Waals surface area (Å²) >= 11 is 1.69. The molecule has 1 fully saturated rings. The average Bonchev–Trinajstić information content (AvgIpc) is 3.14. The van der Waals surface area contributed by atoms with E-state index in [0.29, 0.717) is 5.75 Å². The molecule has 1 aliphatic heterocycles. The predicted molar refractivity (Wildman–Crippen MR) is 197 cm³/mol. The molecule has 0 radical (unpaired) electrons. The number of amides is 1. The number of benzene rings is 5. The number of hydrogen-bond acceptors (Lipinski definition) is 7. The Labute approximate surface area is 297 Å². The van der Waals surface area contributed by atoms with Crippen molar-refractivity contribution >= 4 is 33.4 Å². The minimum Gasteiger partial charge on any atom is -0.392 e. The Morgan fingerprint density at radius 3 is 2.16 bits per heavy atom. The van der Waals surface area contributed by atoms with Crippen LogP contribution < -0.4 is 10.0 Å². The second-order valence-electron chi connectivity index (χ2n) is 12.3. The molecular weight excluding hydrogens is 669 g/mol. The van der Waals surface area contributed by atoms with Gasteiger partial charge in [0, 0.05) is 41.3 Å². The lowest BCUT2D eigenvalue weighted by Crippen LogP contribution is -2.38. The number of aliphatic hydroxyl groups excluding tert-OH is 1. The highest BCUT2D eigenvalue weighted by molar-refractivity contribution is 7.99. The van der Waals surface area contributed by atoms with Crippen LogP contribution in [0.3, 0.4) is 0 Å². The monoisotopic (exact) mass is 708 g/mol. The van der Waals surface area contributed by atoms with Gasteiger partial charge in [0.2, 0.25) is 15.9 Å². The van der Waals surface area contributed by atoms with E-state index in [1.165, 1.54) is 6.92 Å². The Morgan fingerprint density at radius 2 is 1.48 bits per heavy atom. The van der Waals surface area contributed by atoms with Crippen LogP contribution in [0.25, 0.3) is 11.1 Å². The number of anilines is 1. The Balaban J connectivity index is 1.18. The largest absolute Gasteiger partial charge is 0.392 e. The lowest BCUT2D eigenvalue weighted by atomic mass is 9.91. The zero-order valence-electron chi connectivity index (χ0n) is 27.9. The molecule has 3 N–H and O–H groups in total. The standard InChI is InChI=1S/C40H40N2O6S2/c1-27-38(26-49-36-21-19-35(20-22-36)42-28(2)44)47-40(48-39(27)32-13-11-29(25-43)12-14-32)33-17-15-31(16-18-33)34-8-6-7-30(23-34)24-41-50(45,46)37-9-4-3-5-10-37/h3-23,27,38-41,43H,24-26H2,1-2H3,(H,42,44)/t27-,38+,39+,40+/m0/s1. The molecule has 4 atom stereocenters. The molecule has 0 unspecified atom stereocenters. The van der Waals surface area contributed by atoms with Gasteiger partial charge in [-0.1, -0.05) is 91.9 Å². The number of sulfonamides is 1. The molecule has 258 valence electrons. The van der Waals surface area contributed by atoms with Crippen molar-refractivity contribution in [2.45, 2.75) is 55.3 Å². The van der Waals surface area contributed by atoms with Gasteiger partial charge in [-0.2, -0.15) is 0 Å². The first-order chi connectivity index (χ1) is 24.2. The lowest BCUT2D eigenvalue weighted by Gasteiger charge is -2.41. The molecule has 1 amide bonds. The van der Waals surface area contributed by atoms with Gasteiger partial charge >= 0.3 is 0 Å². The summed E-state index contributed by atoms with van der Waals surface area (Å²) in [4.78, 5) is 12.7. The van der Waals surface area contributed by atoms with Crippen LogP contribution in [-0.4, -0.2) is 31.3 Å². The van der Waals surface area contributed by atoms with Crippen molar-refractivity contribution in [2.24, 2.45) is 5.92 Å². The van der Waals surface area contributed by atoms with E-state index >= 15 is 0 Å². The van der Waals surface area contributed by atoms with Crippen molar-refractivity contribution in [3.8, 4) is 11.1 Å². The Kier molecular flexibility index (Phi) is 11.5. The summed E-state index contributed by atoms with van der Waals surface area (Å²) < 4.78 is 41.4. The van der Waals surface area contributed by atoms with Crippen LogP contribution in [0.1, 0.15) is 48.5 Å². The number of nitrogens with one attached hydrogen (secondary N) is 2. The Morgan fingerprint density at radius 1 is 0.780 bits per heavy atom. The summed E-state index contributed by atoms with van der Waals surface area (Å²) in [5.74, 6) is 0.633. The van der Waals surface area contributed by atoms with Gasteiger partial charge in [-0.25, -0.2) is 13.1 Å². The van der Waals surface area contributed by atoms with Crippen molar-refractivity contribution in [1.29, 1.82) is 0 Å². The zero-order chi connectivity index (χ0) is 35.1. The lowest BCUT2D eigenvalue weighted by molar-refractivity contribution is -0.268. The molecule has 0 spiro atoms. The molecule has 0 aliphatic carbocycles. The van der Waals surface area contributed by atoms with E-state index in [4.69, 9.17) is 9.47 Å². The van der Waals surface area contributed by atoms with Crippen molar-refractivity contribution < 1.29 is 27.8 Å². The van der Waals surface area contributed by atoms with E-state index in [1.807, 2.05) is 97.1 Å². The van der Waals surface area contributed by atoms with Crippen molar-refractivity contribution in [3.63, 3.8) is 0 Å². The highest BCUT2D eigenvalue weighted by atomic mass is 32.2. The molecule has 1 saturated heterocycles. The van der Waals surface area contributed by atoms with Crippen molar-refractivity contribution in [3.05, 3.63) is 150 Å². The SMILES string of the molecule is CC(=O)Nc1ccc(SC[C@H]2O[C@@H](c3ccc(-c4cccc(CNS(=O)(=O)c5ccccc5)c4)cc3)O[C@@H](c3ccc(CO)cc3)[C@H]2C)cc1. The molecule has 0 aromatic heterocycles. The fourth-order valence-corrected chi connectivity index (χ4v) is 7.99. The van der Waals surface area contributed by atoms with Gasteiger partial charge in [-0.3, -0.25) is 4.79 Å². The van der Waals surface area contributed by atoms with E-state index in [1.54, 1.807) is 42.1 Å². The maximum Gasteiger partial charge on any atom is 0.240 e. The molecule has 5 aromatic carbocycles. The zero-order valence-corrected chi connectivity index (χ0v) is 29.5. The van der Waals surface area contributed by atoms with Gasteiger partial charge in [0.05, 0.1) is 23.7 Å². The van der Waals surface area contributed by atoms with Gasteiger partial charge in [-0.15, -0.1) is 11.8 Å². The van der Waals surface area contributed by atoms with Gasteiger partial charge in [0.1, 0.15) is 0 Å². The molecular formula is C40H40N2O6S2. The summed E-state index contributed by atoms with van der Waals surface area (Å²) in [5.41, 5.74) is 6.30. The topological polar surface area (TPSA) is 114 Å². The molecule has 0 saturated carbocycles. The van der Waals surface area contributed by atoms with E-state index in [0.717, 1.165) is 44.0 Å². The second-order valence-corrected chi connectivity index (χ2v) is 15.2. The number of rotatable bonds is 12. The molecule has 1 heterocycles. The third kappa shape index (κ3) is 8.89. The highest BCUT2D eigenvalue weighted by Gasteiger charge is 2.38. The summed E-state index contributed by atoms with van der Waals surface area (Å²) in [6, 6.07) is 39.9. The van der Waals surface area contributed by atoms with Crippen LogP contribution in [-0.2, 0) is 37.4 Å². The Hall–Kier alpha value is -4.29. The van der Waals surface area contributed by atoms with Gasteiger partial charge < -0.3 is 19.9 Å². The summed E-state index contributed by atoms with van der Waals surface area (Å²) in [6.07, 6.45) is -0.966. The third-order valence-corrected chi connectivity index (χ3v) is 11.2. The van der Waals surface area contributed by atoms with E-state index in [9.17, 15) is 18.3 Å². The van der Waals surface area contributed by atoms with Crippen LogP contribution in [0, 0.1) is 5.92 Å². The number of thioether (sulfide) groups is 1. The number of hydrogen-bond donors (Lipinski definition) is 3. The summed E-state index contributed by atoms with van der Waals surface area (Å²) in [5, 5.41) is 12.4. The van der Waals surface area contributed by atoms with Crippen LogP contribution in [0.4, 0.5) is 5.69 Å². The normalized spacial score (nSPS) is 19.2. The highest BCUT2D eigenvalue weighted by Crippen LogP contribution is 2.43. The minimum atomic E-state index is -3.62. The van der Waals surface area contributed by atoms with Crippen molar-refractivity contribution in [2.75, 3.05) is 11.1 Å². The number of carbonyl (C=O) groups excluding carboxylic acids is 1. The average molecular weight is 709 g/mol. The van der Waals surface area contributed by atoms with Crippen LogP contribution >= 0.6 is 11.8 Å². The Bertz CT molecular complexity index is 1990. The second kappa shape index (κ2) is 16.2. The van der Waals surface area contributed by atoms with Crippen LogP contribution in [0.5, 0.6) is 0 Å². The fourth-order valence-electron chi connectivity index (χ4n) is 5.88. The molecule has 1 aliphatic rings. The number of ether oxygens (including phenoxy) is 2. The van der Waals surface area contributed by atoms with Gasteiger partial charge in [0.15, 0.2) is 6.29 Å². The molecule has 50 heavy (non-hydrogen) atoms. The van der Waals surface area contributed by atoms with Crippen molar-refractivity contribution in [1.82, 2.24) is 4.72 Å². The molecule has 6 rings (SSSR count). The summed E-state index contributed by atoms with van der Waals surface area (Å²) in [7, 11) is -3.62. The van der Waals surface area contributed by atoms with Crippen LogP contribution in [0.15, 0.2) is 137 Å². The minimum absolute atomic E-state index is 0.0222. The maximum atomic E-state index is 12.7. The van der Waals surface area contributed by atoms with Crippen LogP contribution in [0.2, 0.25) is 0 Å².